The molecule has 4 fully saturated rings. The molecule has 2 bridgehead atoms. The second-order valence-electron chi connectivity index (χ2n) is 6.94. The van der Waals surface area contributed by atoms with Crippen molar-refractivity contribution in [2.75, 3.05) is 26.2 Å². The summed E-state index contributed by atoms with van der Waals surface area (Å²) in [7, 11) is 0. The molecule has 4 aliphatic rings. The van der Waals surface area contributed by atoms with E-state index in [0.29, 0.717) is 6.10 Å². The van der Waals surface area contributed by atoms with Crippen molar-refractivity contribution in [2.45, 2.75) is 56.7 Å². The molecule has 2 saturated heterocycles. The number of nitrogens with zero attached hydrogens (tertiary/aromatic N) is 1. The van der Waals surface area contributed by atoms with Crippen LogP contribution in [0.5, 0.6) is 0 Å². The molecule has 102 valence electrons. The fraction of sp³-hybridized carbons (Fsp3) is 1.00. The maximum Gasteiger partial charge on any atom is 0.0827 e. The van der Waals surface area contributed by atoms with E-state index in [1.165, 1.54) is 51.6 Å². The van der Waals surface area contributed by atoms with Gasteiger partial charge < -0.3 is 10.1 Å². The van der Waals surface area contributed by atoms with E-state index in [4.69, 9.17) is 4.74 Å². The maximum absolute atomic E-state index is 6.03. The Morgan fingerprint density at radius 2 is 2.17 bits per heavy atom. The molecule has 2 aliphatic heterocycles. The lowest BCUT2D eigenvalue weighted by Gasteiger charge is -2.36. The average Bonchev–Trinajstić information content (AvgIpc) is 3.11. The van der Waals surface area contributed by atoms with Gasteiger partial charge in [0.25, 0.3) is 0 Å². The number of fused-ring (bicyclic) bond motifs is 3. The molecule has 5 atom stereocenters. The largest absolute Gasteiger partial charge is 0.374 e. The second kappa shape index (κ2) is 4.77. The molecule has 2 aliphatic carbocycles. The van der Waals surface area contributed by atoms with Crippen LogP contribution in [0.3, 0.4) is 0 Å². The Hall–Kier alpha value is -0.120. The summed E-state index contributed by atoms with van der Waals surface area (Å²) in [5.41, 5.74) is 0. The van der Waals surface area contributed by atoms with Crippen molar-refractivity contribution in [1.82, 2.24) is 10.2 Å². The Bertz CT molecular complexity index is 309. The van der Waals surface area contributed by atoms with Crippen LogP contribution >= 0.6 is 0 Å². The number of nitrogens with one attached hydrogen (secondary N) is 1. The molecule has 3 nitrogen and oxygen atoms in total. The van der Waals surface area contributed by atoms with Crippen LogP contribution in [0.2, 0.25) is 0 Å². The van der Waals surface area contributed by atoms with Gasteiger partial charge in [-0.1, -0.05) is 6.42 Å². The quantitative estimate of drug-likeness (QED) is 0.824. The van der Waals surface area contributed by atoms with Crippen molar-refractivity contribution >= 4 is 0 Å². The van der Waals surface area contributed by atoms with Gasteiger partial charge in [-0.25, -0.2) is 0 Å². The molecular weight excluding hydrogens is 224 g/mol. The van der Waals surface area contributed by atoms with Crippen molar-refractivity contribution in [3.8, 4) is 0 Å². The first-order valence-electron chi connectivity index (χ1n) is 7.97. The summed E-state index contributed by atoms with van der Waals surface area (Å²) in [6.45, 7) is 4.53. The molecule has 0 radical (unpaired) electrons. The predicted octanol–water partition coefficient (Wildman–Crippen LogP) is 1.63. The van der Waals surface area contributed by atoms with E-state index in [1.54, 1.807) is 0 Å². The average molecular weight is 250 g/mol. The van der Waals surface area contributed by atoms with E-state index < -0.39 is 0 Å². The van der Waals surface area contributed by atoms with Crippen LogP contribution in [0.4, 0.5) is 0 Å². The van der Waals surface area contributed by atoms with Crippen molar-refractivity contribution in [1.29, 1.82) is 0 Å². The van der Waals surface area contributed by atoms with Gasteiger partial charge in [0, 0.05) is 25.2 Å². The molecule has 0 spiro atoms. The molecule has 0 aromatic heterocycles. The van der Waals surface area contributed by atoms with E-state index in [9.17, 15) is 0 Å². The lowest BCUT2D eigenvalue weighted by molar-refractivity contribution is -0.0484. The first-order valence-corrected chi connectivity index (χ1v) is 7.97. The van der Waals surface area contributed by atoms with Crippen LogP contribution in [0.15, 0.2) is 0 Å². The number of morpholine rings is 1. The highest BCUT2D eigenvalue weighted by molar-refractivity contribution is 4.95. The molecule has 2 saturated carbocycles. The van der Waals surface area contributed by atoms with Crippen LogP contribution in [0.25, 0.3) is 0 Å². The van der Waals surface area contributed by atoms with Crippen molar-refractivity contribution in [3.63, 3.8) is 0 Å². The lowest BCUT2D eigenvalue weighted by Crippen LogP contribution is -2.51. The molecule has 4 rings (SSSR count). The highest BCUT2D eigenvalue weighted by atomic mass is 16.5. The summed E-state index contributed by atoms with van der Waals surface area (Å²) >= 11 is 0. The van der Waals surface area contributed by atoms with E-state index in [2.05, 4.69) is 10.2 Å². The second-order valence-corrected chi connectivity index (χ2v) is 6.94. The highest BCUT2D eigenvalue weighted by Crippen LogP contribution is 2.44. The molecule has 1 N–H and O–H groups in total. The van der Waals surface area contributed by atoms with Gasteiger partial charge in [0.2, 0.25) is 0 Å². The minimum Gasteiger partial charge on any atom is -0.374 e. The summed E-state index contributed by atoms with van der Waals surface area (Å²) in [5.74, 6) is 2.03. The zero-order valence-electron chi connectivity index (χ0n) is 11.3. The fourth-order valence-electron chi connectivity index (χ4n) is 4.79. The van der Waals surface area contributed by atoms with Crippen LogP contribution in [0, 0.1) is 11.8 Å². The van der Waals surface area contributed by atoms with Crippen molar-refractivity contribution in [3.05, 3.63) is 0 Å². The van der Waals surface area contributed by atoms with Gasteiger partial charge in [-0.05, 0) is 50.5 Å². The van der Waals surface area contributed by atoms with E-state index in [1.807, 2.05) is 0 Å². The first kappa shape index (κ1) is 11.7. The number of hydrogen-bond donors (Lipinski definition) is 1. The third kappa shape index (κ3) is 2.10. The Kier molecular flexibility index (Phi) is 3.10. The number of ether oxygens (including phenoxy) is 1. The maximum atomic E-state index is 6.03. The van der Waals surface area contributed by atoms with Crippen LogP contribution in [0.1, 0.15) is 38.5 Å². The molecule has 5 unspecified atom stereocenters. The third-order valence-electron chi connectivity index (χ3n) is 5.81. The van der Waals surface area contributed by atoms with E-state index >= 15 is 0 Å². The Labute approximate surface area is 110 Å². The van der Waals surface area contributed by atoms with Crippen LogP contribution in [-0.2, 0) is 4.74 Å². The summed E-state index contributed by atoms with van der Waals surface area (Å²) in [4.78, 5) is 2.65. The van der Waals surface area contributed by atoms with Gasteiger partial charge in [0.05, 0.1) is 12.7 Å². The van der Waals surface area contributed by atoms with Gasteiger partial charge in [0.15, 0.2) is 0 Å². The summed E-state index contributed by atoms with van der Waals surface area (Å²) < 4.78 is 6.03. The molecule has 0 aromatic carbocycles. The topological polar surface area (TPSA) is 24.5 Å². The van der Waals surface area contributed by atoms with Crippen LogP contribution in [-0.4, -0.2) is 49.3 Å². The standard InChI is InChI=1S/C15H26N2O/c1-2-13-10-18-14(9-17(13)5-1)8-16-15-7-11-3-4-12(15)6-11/h11-16H,1-10H2. The lowest BCUT2D eigenvalue weighted by atomic mass is 9.95. The molecule has 0 amide bonds. The normalized spacial score (nSPS) is 47.7. The zero-order chi connectivity index (χ0) is 11.9. The smallest absolute Gasteiger partial charge is 0.0827 e. The van der Waals surface area contributed by atoms with E-state index in [0.717, 1.165) is 37.1 Å². The van der Waals surface area contributed by atoms with Crippen LogP contribution < -0.4 is 5.32 Å². The Balaban J connectivity index is 1.26. The predicted molar refractivity (Wildman–Crippen MR) is 71.6 cm³/mol. The molecule has 2 heterocycles. The van der Waals surface area contributed by atoms with Gasteiger partial charge >= 0.3 is 0 Å². The van der Waals surface area contributed by atoms with E-state index in [-0.39, 0.29) is 0 Å². The highest BCUT2D eigenvalue weighted by Gasteiger charge is 2.40. The minimum atomic E-state index is 0.443. The van der Waals surface area contributed by atoms with Gasteiger partial charge in [-0.3, -0.25) is 4.90 Å². The van der Waals surface area contributed by atoms with Crippen molar-refractivity contribution < 1.29 is 4.74 Å². The van der Waals surface area contributed by atoms with Gasteiger partial charge in [0.1, 0.15) is 0 Å². The third-order valence-corrected chi connectivity index (χ3v) is 5.81. The van der Waals surface area contributed by atoms with Gasteiger partial charge in [-0.2, -0.15) is 0 Å². The Morgan fingerprint density at radius 1 is 1.17 bits per heavy atom. The number of rotatable bonds is 3. The van der Waals surface area contributed by atoms with Gasteiger partial charge in [-0.15, -0.1) is 0 Å². The first-order chi connectivity index (χ1) is 8.88. The van der Waals surface area contributed by atoms with Crippen molar-refractivity contribution in [2.24, 2.45) is 11.8 Å². The number of hydrogen-bond acceptors (Lipinski definition) is 3. The zero-order valence-corrected chi connectivity index (χ0v) is 11.3. The summed E-state index contributed by atoms with van der Waals surface area (Å²) in [6, 6.07) is 1.55. The SMILES string of the molecule is C1CC2COC(CNC3CC4CCC3C4)CN2C1. The minimum absolute atomic E-state index is 0.443. The monoisotopic (exact) mass is 250 g/mol. The molecule has 18 heavy (non-hydrogen) atoms. The molecule has 3 heteroatoms. The Morgan fingerprint density at radius 3 is 3.00 bits per heavy atom. The molecular formula is C15H26N2O. The summed E-state index contributed by atoms with van der Waals surface area (Å²) in [6.07, 6.45) is 9.08. The summed E-state index contributed by atoms with van der Waals surface area (Å²) in [5, 5.41) is 3.81. The fourth-order valence-corrected chi connectivity index (χ4v) is 4.79. The molecule has 0 aromatic rings.